The van der Waals surface area contributed by atoms with Crippen LogP contribution in [0.1, 0.15) is 45.1 Å². The molecule has 20 heavy (non-hydrogen) atoms. The first-order valence-electron chi connectivity index (χ1n) is 8.04. The Morgan fingerprint density at radius 1 is 1.20 bits per heavy atom. The van der Waals surface area contributed by atoms with Gasteiger partial charge in [-0.2, -0.15) is 0 Å². The molecule has 108 valence electrons. The molecule has 0 radical (unpaired) electrons. The summed E-state index contributed by atoms with van der Waals surface area (Å²) in [5.74, 6) is 1.63. The Labute approximate surface area is 122 Å². The quantitative estimate of drug-likeness (QED) is 0.842. The fraction of sp³-hybridized carbons (Fsp3) is 0.556. The summed E-state index contributed by atoms with van der Waals surface area (Å²) in [7, 11) is 0. The number of hydrogen-bond acceptors (Lipinski definition) is 1. The molecule has 1 aromatic carbocycles. The second-order valence-electron chi connectivity index (χ2n) is 6.54. The van der Waals surface area contributed by atoms with E-state index in [1.165, 1.54) is 42.1 Å². The molecule has 1 heterocycles. The van der Waals surface area contributed by atoms with Crippen molar-refractivity contribution in [1.29, 1.82) is 0 Å². The van der Waals surface area contributed by atoms with Crippen molar-refractivity contribution in [2.45, 2.75) is 52.1 Å². The van der Waals surface area contributed by atoms with E-state index in [2.05, 4.69) is 48.4 Å². The molecule has 2 N–H and O–H groups in total. The number of hydrogen-bond donors (Lipinski definition) is 2. The van der Waals surface area contributed by atoms with E-state index in [4.69, 9.17) is 0 Å². The number of fused-ring (bicyclic) bond motifs is 1. The number of aromatic amines is 1. The maximum absolute atomic E-state index is 3.84. The van der Waals surface area contributed by atoms with Crippen LogP contribution in [0.15, 0.2) is 30.5 Å². The minimum atomic E-state index is 0.693. The molecule has 1 saturated carbocycles. The Balaban J connectivity index is 1.70. The molecule has 2 atom stereocenters. The highest BCUT2D eigenvalue weighted by molar-refractivity contribution is 5.82. The zero-order chi connectivity index (χ0) is 13.9. The summed E-state index contributed by atoms with van der Waals surface area (Å²) in [5.41, 5.74) is 2.66. The highest BCUT2D eigenvalue weighted by Gasteiger charge is 2.26. The summed E-state index contributed by atoms with van der Waals surface area (Å²) >= 11 is 0. The van der Waals surface area contributed by atoms with Crippen LogP contribution in [0.25, 0.3) is 10.9 Å². The van der Waals surface area contributed by atoms with E-state index in [-0.39, 0.29) is 0 Å². The van der Waals surface area contributed by atoms with Crippen molar-refractivity contribution in [3.8, 4) is 0 Å². The molecule has 2 heteroatoms. The lowest BCUT2D eigenvalue weighted by Crippen LogP contribution is -2.40. The van der Waals surface area contributed by atoms with Gasteiger partial charge in [0.1, 0.15) is 0 Å². The molecule has 2 unspecified atom stereocenters. The van der Waals surface area contributed by atoms with Gasteiger partial charge in [0.15, 0.2) is 0 Å². The third kappa shape index (κ3) is 2.76. The van der Waals surface area contributed by atoms with Gasteiger partial charge >= 0.3 is 0 Å². The molecule has 0 saturated heterocycles. The van der Waals surface area contributed by atoms with E-state index < -0.39 is 0 Å². The molecule has 0 aliphatic heterocycles. The molecule has 0 bridgehead atoms. The average Bonchev–Trinajstić information content (AvgIpc) is 2.94. The summed E-state index contributed by atoms with van der Waals surface area (Å²) in [4.78, 5) is 3.30. The SMILES string of the molecule is CC(C)C1CCCCC1NCc1cccc2[nH]ccc12. The van der Waals surface area contributed by atoms with Gasteiger partial charge in [0.2, 0.25) is 0 Å². The van der Waals surface area contributed by atoms with Crippen LogP contribution in [0.4, 0.5) is 0 Å². The molecule has 0 amide bonds. The van der Waals surface area contributed by atoms with Crippen LogP contribution in [-0.4, -0.2) is 11.0 Å². The van der Waals surface area contributed by atoms with Crippen molar-refractivity contribution in [3.05, 3.63) is 36.0 Å². The van der Waals surface area contributed by atoms with Crippen LogP contribution in [-0.2, 0) is 6.54 Å². The minimum Gasteiger partial charge on any atom is -0.361 e. The van der Waals surface area contributed by atoms with E-state index >= 15 is 0 Å². The molecule has 1 aliphatic carbocycles. The number of rotatable bonds is 4. The Morgan fingerprint density at radius 3 is 2.90 bits per heavy atom. The van der Waals surface area contributed by atoms with Crippen LogP contribution < -0.4 is 5.32 Å². The van der Waals surface area contributed by atoms with Crippen LogP contribution in [0, 0.1) is 11.8 Å². The first-order valence-corrected chi connectivity index (χ1v) is 8.04. The molecule has 2 aromatic rings. The minimum absolute atomic E-state index is 0.693. The van der Waals surface area contributed by atoms with Crippen LogP contribution >= 0.6 is 0 Å². The largest absolute Gasteiger partial charge is 0.361 e. The second kappa shape index (κ2) is 6.01. The number of benzene rings is 1. The van der Waals surface area contributed by atoms with Crippen molar-refractivity contribution in [1.82, 2.24) is 10.3 Å². The van der Waals surface area contributed by atoms with E-state index in [9.17, 15) is 0 Å². The average molecular weight is 270 g/mol. The molecule has 0 spiro atoms. The number of aromatic nitrogens is 1. The molecule has 1 aliphatic rings. The lowest BCUT2D eigenvalue weighted by Gasteiger charge is -2.35. The summed E-state index contributed by atoms with van der Waals surface area (Å²) < 4.78 is 0. The Morgan fingerprint density at radius 2 is 2.05 bits per heavy atom. The summed E-state index contributed by atoms with van der Waals surface area (Å²) in [5, 5.41) is 5.20. The molecular weight excluding hydrogens is 244 g/mol. The summed E-state index contributed by atoms with van der Waals surface area (Å²) in [6, 6.07) is 9.43. The maximum Gasteiger partial charge on any atom is 0.0457 e. The molecule has 1 fully saturated rings. The van der Waals surface area contributed by atoms with Gasteiger partial charge in [-0.3, -0.25) is 0 Å². The third-order valence-electron chi connectivity index (χ3n) is 4.92. The normalized spacial score (nSPS) is 23.6. The highest BCUT2D eigenvalue weighted by Crippen LogP contribution is 2.30. The summed E-state index contributed by atoms with van der Waals surface area (Å²) in [6.45, 7) is 5.73. The van der Waals surface area contributed by atoms with Gasteiger partial charge < -0.3 is 10.3 Å². The molecule has 1 aromatic heterocycles. The fourth-order valence-electron chi connectivity index (χ4n) is 3.76. The van der Waals surface area contributed by atoms with Crippen molar-refractivity contribution in [2.24, 2.45) is 11.8 Å². The maximum atomic E-state index is 3.84. The van der Waals surface area contributed by atoms with E-state index in [1.807, 2.05) is 6.20 Å². The van der Waals surface area contributed by atoms with Gasteiger partial charge in [0, 0.05) is 29.7 Å². The molecule has 2 nitrogen and oxygen atoms in total. The Hall–Kier alpha value is -1.28. The topological polar surface area (TPSA) is 27.8 Å². The number of nitrogens with one attached hydrogen (secondary N) is 2. The fourth-order valence-corrected chi connectivity index (χ4v) is 3.76. The predicted molar refractivity (Wildman–Crippen MR) is 85.7 cm³/mol. The van der Waals surface area contributed by atoms with Gasteiger partial charge in [0.25, 0.3) is 0 Å². The molecular formula is C18H26N2. The van der Waals surface area contributed by atoms with Crippen molar-refractivity contribution < 1.29 is 0 Å². The first kappa shape index (κ1) is 13.7. The lowest BCUT2D eigenvalue weighted by atomic mass is 9.78. The molecule has 3 rings (SSSR count). The van der Waals surface area contributed by atoms with Crippen LogP contribution in [0.3, 0.4) is 0 Å². The summed E-state index contributed by atoms with van der Waals surface area (Å²) in [6.07, 6.45) is 7.56. The van der Waals surface area contributed by atoms with Crippen LogP contribution in [0.2, 0.25) is 0 Å². The van der Waals surface area contributed by atoms with Crippen molar-refractivity contribution >= 4 is 10.9 Å². The standard InChI is InChI=1S/C18H26N2/c1-13(2)15-7-3-4-8-17(15)20-12-14-6-5-9-18-16(14)10-11-19-18/h5-6,9-11,13,15,17,19-20H,3-4,7-8,12H2,1-2H3. The number of H-pyrrole nitrogens is 1. The van der Waals surface area contributed by atoms with Gasteiger partial charge in [-0.15, -0.1) is 0 Å². The monoisotopic (exact) mass is 270 g/mol. The third-order valence-corrected chi connectivity index (χ3v) is 4.92. The van der Waals surface area contributed by atoms with Gasteiger partial charge in [-0.1, -0.05) is 38.8 Å². The Kier molecular flexibility index (Phi) is 4.11. The van der Waals surface area contributed by atoms with E-state index in [0.717, 1.165) is 18.4 Å². The zero-order valence-electron chi connectivity index (χ0n) is 12.7. The Bertz CT molecular complexity index is 555. The van der Waals surface area contributed by atoms with Gasteiger partial charge in [0.05, 0.1) is 0 Å². The van der Waals surface area contributed by atoms with Crippen molar-refractivity contribution in [2.75, 3.05) is 0 Å². The van der Waals surface area contributed by atoms with Crippen molar-refractivity contribution in [3.63, 3.8) is 0 Å². The van der Waals surface area contributed by atoms with Crippen LogP contribution in [0.5, 0.6) is 0 Å². The smallest absolute Gasteiger partial charge is 0.0457 e. The first-order chi connectivity index (χ1) is 9.75. The van der Waals surface area contributed by atoms with E-state index in [1.54, 1.807) is 0 Å². The predicted octanol–water partition coefficient (Wildman–Crippen LogP) is 4.47. The van der Waals surface area contributed by atoms with Gasteiger partial charge in [-0.25, -0.2) is 0 Å². The lowest BCUT2D eigenvalue weighted by molar-refractivity contribution is 0.205. The van der Waals surface area contributed by atoms with Gasteiger partial charge in [-0.05, 0) is 42.4 Å². The highest BCUT2D eigenvalue weighted by atomic mass is 14.9. The second-order valence-corrected chi connectivity index (χ2v) is 6.54. The zero-order valence-corrected chi connectivity index (χ0v) is 12.7. The van der Waals surface area contributed by atoms with E-state index in [0.29, 0.717) is 6.04 Å².